The van der Waals surface area contributed by atoms with Crippen LogP contribution in [0.4, 0.5) is 0 Å². The fourth-order valence-corrected chi connectivity index (χ4v) is 4.08. The second kappa shape index (κ2) is 8.48. The van der Waals surface area contributed by atoms with E-state index in [1.54, 1.807) is 11.8 Å². The molecule has 5 heteroatoms. The molecule has 1 aromatic carbocycles. The fourth-order valence-electron chi connectivity index (χ4n) is 4.08. The van der Waals surface area contributed by atoms with E-state index < -0.39 is 0 Å². The van der Waals surface area contributed by atoms with E-state index in [2.05, 4.69) is 34.5 Å². The number of carbonyl (C=O) groups excluding carboxylic acids is 2. The molecule has 0 spiro atoms. The van der Waals surface area contributed by atoms with Crippen molar-refractivity contribution in [3.63, 3.8) is 0 Å². The minimum Gasteiger partial charge on any atom is -0.354 e. The van der Waals surface area contributed by atoms with E-state index >= 15 is 0 Å². The van der Waals surface area contributed by atoms with Crippen LogP contribution >= 0.6 is 0 Å². The maximum absolute atomic E-state index is 12.5. The average molecular weight is 343 g/mol. The third-order valence-electron chi connectivity index (χ3n) is 5.38. The standard InChI is InChI=1S/C20H29N3O2/c1-16(24)23-12-6-10-19(23)20(25)21-13-18-9-5-11-22(15-18)14-17-7-3-2-4-8-17/h2-4,7-8,18-19H,5-6,9-15H2,1H3,(H,21,25)/t18-,19+/m1/s1. The molecule has 5 nitrogen and oxygen atoms in total. The third kappa shape index (κ3) is 4.82. The molecule has 136 valence electrons. The fraction of sp³-hybridized carbons (Fsp3) is 0.600. The summed E-state index contributed by atoms with van der Waals surface area (Å²) in [4.78, 5) is 28.3. The molecule has 2 heterocycles. The zero-order valence-corrected chi connectivity index (χ0v) is 15.1. The van der Waals surface area contributed by atoms with Crippen LogP contribution in [-0.4, -0.2) is 53.8 Å². The lowest BCUT2D eigenvalue weighted by Gasteiger charge is -2.33. The molecule has 0 aromatic heterocycles. The van der Waals surface area contributed by atoms with Crippen LogP contribution in [0.5, 0.6) is 0 Å². The number of hydrogen-bond acceptors (Lipinski definition) is 3. The summed E-state index contributed by atoms with van der Waals surface area (Å²) in [5.41, 5.74) is 1.34. The van der Waals surface area contributed by atoms with E-state index in [4.69, 9.17) is 0 Å². The number of nitrogens with zero attached hydrogens (tertiary/aromatic N) is 2. The summed E-state index contributed by atoms with van der Waals surface area (Å²) in [6, 6.07) is 10.3. The van der Waals surface area contributed by atoms with E-state index in [9.17, 15) is 9.59 Å². The second-order valence-electron chi connectivity index (χ2n) is 7.34. The van der Waals surface area contributed by atoms with Gasteiger partial charge in [-0.05, 0) is 43.7 Å². The molecule has 0 bridgehead atoms. The van der Waals surface area contributed by atoms with Crippen LogP contribution < -0.4 is 5.32 Å². The summed E-state index contributed by atoms with van der Waals surface area (Å²) in [6.45, 7) is 6.10. The first-order chi connectivity index (χ1) is 12.1. The largest absolute Gasteiger partial charge is 0.354 e. The SMILES string of the molecule is CC(=O)N1CCC[C@H]1C(=O)NC[C@H]1CCCN(Cc2ccccc2)C1. The Morgan fingerprint density at radius 3 is 2.64 bits per heavy atom. The van der Waals surface area contributed by atoms with Gasteiger partial charge < -0.3 is 10.2 Å². The van der Waals surface area contributed by atoms with Crippen LogP contribution in [0.25, 0.3) is 0 Å². The van der Waals surface area contributed by atoms with Crippen molar-refractivity contribution >= 4 is 11.8 Å². The molecule has 0 aliphatic carbocycles. The molecule has 2 atom stereocenters. The number of rotatable bonds is 5. The molecule has 0 radical (unpaired) electrons. The summed E-state index contributed by atoms with van der Waals surface area (Å²) >= 11 is 0. The first-order valence-electron chi connectivity index (χ1n) is 9.44. The highest BCUT2D eigenvalue weighted by Gasteiger charge is 2.32. The normalized spacial score (nSPS) is 24.3. The molecule has 1 N–H and O–H groups in total. The number of likely N-dealkylation sites (tertiary alicyclic amines) is 2. The number of amides is 2. The van der Waals surface area contributed by atoms with Gasteiger partial charge in [0.05, 0.1) is 0 Å². The first kappa shape index (κ1) is 17.9. The molecule has 2 amide bonds. The molecule has 0 unspecified atom stereocenters. The van der Waals surface area contributed by atoms with Crippen molar-refractivity contribution in [1.82, 2.24) is 15.1 Å². The van der Waals surface area contributed by atoms with E-state index in [1.165, 1.54) is 12.0 Å². The Morgan fingerprint density at radius 2 is 1.88 bits per heavy atom. The van der Waals surface area contributed by atoms with Gasteiger partial charge in [0, 0.05) is 33.1 Å². The number of benzene rings is 1. The van der Waals surface area contributed by atoms with Gasteiger partial charge in [-0.15, -0.1) is 0 Å². The van der Waals surface area contributed by atoms with Crippen LogP contribution in [0.1, 0.15) is 38.2 Å². The van der Waals surface area contributed by atoms with Crippen LogP contribution in [0, 0.1) is 5.92 Å². The lowest BCUT2D eigenvalue weighted by molar-refractivity contribution is -0.137. The van der Waals surface area contributed by atoms with Crippen molar-refractivity contribution in [3.05, 3.63) is 35.9 Å². The van der Waals surface area contributed by atoms with Crippen LogP contribution in [0.3, 0.4) is 0 Å². The van der Waals surface area contributed by atoms with E-state index in [1.807, 2.05) is 6.07 Å². The van der Waals surface area contributed by atoms with Crippen LogP contribution in [0.2, 0.25) is 0 Å². The average Bonchev–Trinajstić information content (AvgIpc) is 3.11. The number of piperidine rings is 1. The van der Waals surface area contributed by atoms with Gasteiger partial charge >= 0.3 is 0 Å². The highest BCUT2D eigenvalue weighted by molar-refractivity contribution is 5.87. The molecular weight excluding hydrogens is 314 g/mol. The summed E-state index contributed by atoms with van der Waals surface area (Å²) in [5.74, 6) is 0.519. The van der Waals surface area contributed by atoms with Crippen molar-refractivity contribution in [2.45, 2.75) is 45.2 Å². The van der Waals surface area contributed by atoms with Gasteiger partial charge in [-0.1, -0.05) is 30.3 Å². The molecule has 25 heavy (non-hydrogen) atoms. The minimum atomic E-state index is -0.262. The van der Waals surface area contributed by atoms with Gasteiger partial charge in [0.2, 0.25) is 11.8 Å². The number of hydrogen-bond donors (Lipinski definition) is 1. The van der Waals surface area contributed by atoms with Crippen molar-refractivity contribution in [2.24, 2.45) is 5.92 Å². The highest BCUT2D eigenvalue weighted by atomic mass is 16.2. The molecule has 2 fully saturated rings. The summed E-state index contributed by atoms with van der Waals surface area (Å²) in [5, 5.41) is 3.10. The predicted octanol–water partition coefficient (Wildman–Crippen LogP) is 2.03. The van der Waals surface area contributed by atoms with Gasteiger partial charge in [0.1, 0.15) is 6.04 Å². The smallest absolute Gasteiger partial charge is 0.242 e. The van der Waals surface area contributed by atoms with Gasteiger partial charge in [-0.3, -0.25) is 14.5 Å². The van der Waals surface area contributed by atoms with Crippen molar-refractivity contribution in [2.75, 3.05) is 26.2 Å². The summed E-state index contributed by atoms with van der Waals surface area (Å²) in [6.07, 6.45) is 4.05. The van der Waals surface area contributed by atoms with Gasteiger partial charge in [0.15, 0.2) is 0 Å². The molecule has 0 saturated carbocycles. The maximum atomic E-state index is 12.5. The maximum Gasteiger partial charge on any atom is 0.242 e. The van der Waals surface area contributed by atoms with Crippen LogP contribution in [0.15, 0.2) is 30.3 Å². The van der Waals surface area contributed by atoms with E-state index in [-0.39, 0.29) is 17.9 Å². The van der Waals surface area contributed by atoms with Crippen molar-refractivity contribution in [1.29, 1.82) is 0 Å². The Bertz CT molecular complexity index is 590. The second-order valence-corrected chi connectivity index (χ2v) is 7.34. The zero-order chi connectivity index (χ0) is 17.6. The van der Waals surface area contributed by atoms with Crippen molar-refractivity contribution in [3.8, 4) is 0 Å². The molecule has 1 aromatic rings. The first-order valence-corrected chi connectivity index (χ1v) is 9.44. The van der Waals surface area contributed by atoms with Gasteiger partial charge in [-0.25, -0.2) is 0 Å². The number of carbonyl (C=O) groups is 2. The molecule has 2 saturated heterocycles. The van der Waals surface area contributed by atoms with Gasteiger partial charge in [0.25, 0.3) is 0 Å². The molecular formula is C20H29N3O2. The summed E-state index contributed by atoms with van der Waals surface area (Å²) in [7, 11) is 0. The van der Waals surface area contributed by atoms with Crippen molar-refractivity contribution < 1.29 is 9.59 Å². The lowest BCUT2D eigenvalue weighted by atomic mass is 9.97. The topological polar surface area (TPSA) is 52.7 Å². The predicted molar refractivity (Wildman–Crippen MR) is 97.9 cm³/mol. The Kier molecular flexibility index (Phi) is 6.08. The highest BCUT2D eigenvalue weighted by Crippen LogP contribution is 2.20. The molecule has 2 aliphatic rings. The quantitative estimate of drug-likeness (QED) is 0.890. The molecule has 3 rings (SSSR count). The van der Waals surface area contributed by atoms with E-state index in [0.717, 1.165) is 38.9 Å². The Morgan fingerprint density at radius 1 is 1.12 bits per heavy atom. The number of nitrogens with one attached hydrogen (secondary N) is 1. The Balaban J connectivity index is 1.46. The lowest BCUT2D eigenvalue weighted by Crippen LogP contribution is -2.47. The zero-order valence-electron chi connectivity index (χ0n) is 15.1. The third-order valence-corrected chi connectivity index (χ3v) is 5.38. The minimum absolute atomic E-state index is 0.00403. The summed E-state index contributed by atoms with van der Waals surface area (Å²) < 4.78 is 0. The van der Waals surface area contributed by atoms with Gasteiger partial charge in [-0.2, -0.15) is 0 Å². The van der Waals surface area contributed by atoms with Crippen LogP contribution in [-0.2, 0) is 16.1 Å². The van der Waals surface area contributed by atoms with E-state index in [0.29, 0.717) is 19.0 Å². The molecule has 2 aliphatic heterocycles. The Labute approximate surface area is 150 Å². The Hall–Kier alpha value is -1.88. The monoisotopic (exact) mass is 343 g/mol.